The molecule has 0 unspecified atom stereocenters. The highest BCUT2D eigenvalue weighted by Crippen LogP contribution is 2.24. The molecule has 0 aromatic carbocycles. The molecule has 1 aromatic heterocycles. The van der Waals surface area contributed by atoms with Crippen LogP contribution < -0.4 is 0 Å². The average molecular weight is 325 g/mol. The Bertz CT molecular complexity index is 378. The Morgan fingerprint density at radius 1 is 1.62 bits per heavy atom. The van der Waals surface area contributed by atoms with Crippen LogP contribution in [0.2, 0.25) is 0 Å². The first-order chi connectivity index (χ1) is 7.36. The quantitative estimate of drug-likeness (QED) is 0.773. The van der Waals surface area contributed by atoms with E-state index < -0.39 is 5.41 Å². The minimum absolute atomic E-state index is 0.0759. The van der Waals surface area contributed by atoms with Crippen LogP contribution in [-0.2, 0) is 11.3 Å². The van der Waals surface area contributed by atoms with Gasteiger partial charge in [0.05, 0.1) is 12.0 Å². The minimum atomic E-state index is -0.495. The molecule has 1 aromatic rings. The van der Waals surface area contributed by atoms with Crippen molar-refractivity contribution in [1.82, 2.24) is 4.90 Å². The summed E-state index contributed by atoms with van der Waals surface area (Å²) in [5.41, 5.74) is -0.495. The fourth-order valence-corrected chi connectivity index (χ4v) is 2.93. The van der Waals surface area contributed by atoms with E-state index in [1.54, 1.807) is 16.2 Å². The van der Waals surface area contributed by atoms with Crippen LogP contribution in [0, 0.1) is 5.41 Å². The second kappa shape index (κ2) is 5.52. The van der Waals surface area contributed by atoms with E-state index in [4.69, 9.17) is 11.6 Å². The van der Waals surface area contributed by atoms with Gasteiger partial charge in [-0.2, -0.15) is 0 Å². The lowest BCUT2D eigenvalue weighted by molar-refractivity contribution is -0.138. The Labute approximate surface area is 114 Å². The van der Waals surface area contributed by atoms with Crippen molar-refractivity contribution in [3.63, 3.8) is 0 Å². The molecule has 16 heavy (non-hydrogen) atoms. The summed E-state index contributed by atoms with van der Waals surface area (Å²) in [5, 5.41) is 2.01. The van der Waals surface area contributed by atoms with E-state index >= 15 is 0 Å². The van der Waals surface area contributed by atoms with Crippen molar-refractivity contribution < 1.29 is 4.79 Å². The van der Waals surface area contributed by atoms with Gasteiger partial charge >= 0.3 is 0 Å². The molecule has 1 rings (SSSR count). The van der Waals surface area contributed by atoms with Crippen LogP contribution in [0.25, 0.3) is 0 Å². The van der Waals surface area contributed by atoms with Gasteiger partial charge in [-0.25, -0.2) is 0 Å². The van der Waals surface area contributed by atoms with Gasteiger partial charge in [-0.15, -0.1) is 22.9 Å². The van der Waals surface area contributed by atoms with Gasteiger partial charge in [0.25, 0.3) is 0 Å². The summed E-state index contributed by atoms with van der Waals surface area (Å²) in [6, 6.07) is 2.03. The lowest BCUT2D eigenvalue weighted by atomic mass is 9.94. The summed E-state index contributed by atoms with van der Waals surface area (Å²) in [7, 11) is 1.81. The predicted molar refractivity (Wildman–Crippen MR) is 73.0 cm³/mol. The topological polar surface area (TPSA) is 20.3 Å². The summed E-state index contributed by atoms with van der Waals surface area (Å²) < 4.78 is 1.06. The maximum atomic E-state index is 12.0. The Morgan fingerprint density at radius 3 is 2.69 bits per heavy atom. The molecule has 0 aliphatic carbocycles. The molecule has 0 radical (unpaired) electrons. The van der Waals surface area contributed by atoms with Crippen molar-refractivity contribution in [2.45, 2.75) is 20.4 Å². The molecule has 0 spiro atoms. The number of hydrogen-bond donors (Lipinski definition) is 0. The number of rotatable bonds is 4. The van der Waals surface area contributed by atoms with Gasteiger partial charge in [-0.05, 0) is 35.8 Å². The lowest BCUT2D eigenvalue weighted by Gasteiger charge is -2.27. The number of alkyl halides is 1. The smallest absolute Gasteiger partial charge is 0.229 e. The van der Waals surface area contributed by atoms with Crippen LogP contribution in [0.4, 0.5) is 0 Å². The number of amides is 1. The fourth-order valence-electron chi connectivity index (χ4n) is 1.32. The van der Waals surface area contributed by atoms with Crippen molar-refractivity contribution in [2.24, 2.45) is 5.41 Å². The van der Waals surface area contributed by atoms with E-state index in [9.17, 15) is 4.79 Å². The number of carbonyl (C=O) groups excluding carboxylic acids is 1. The molecule has 2 nitrogen and oxygen atoms in total. The zero-order valence-electron chi connectivity index (χ0n) is 9.59. The first-order valence-electron chi connectivity index (χ1n) is 4.91. The lowest BCUT2D eigenvalue weighted by Crippen LogP contribution is -2.39. The van der Waals surface area contributed by atoms with Gasteiger partial charge in [0.2, 0.25) is 5.91 Å². The number of hydrogen-bond acceptors (Lipinski definition) is 2. The zero-order valence-corrected chi connectivity index (χ0v) is 12.7. The third-order valence-corrected chi connectivity index (χ3v) is 4.63. The average Bonchev–Trinajstić information content (AvgIpc) is 2.62. The molecule has 0 aliphatic heterocycles. The maximum Gasteiger partial charge on any atom is 0.229 e. The molecular formula is C11H15BrClNOS. The molecule has 0 bridgehead atoms. The van der Waals surface area contributed by atoms with Gasteiger partial charge in [-0.1, -0.05) is 0 Å². The highest BCUT2D eigenvalue weighted by molar-refractivity contribution is 9.10. The molecule has 90 valence electrons. The number of carbonyl (C=O) groups is 1. The molecule has 0 aliphatic rings. The molecule has 0 saturated heterocycles. The number of halogens is 2. The molecule has 5 heteroatoms. The van der Waals surface area contributed by atoms with Crippen LogP contribution >= 0.6 is 38.9 Å². The number of nitrogens with zero attached hydrogens (tertiary/aromatic N) is 1. The van der Waals surface area contributed by atoms with Gasteiger partial charge < -0.3 is 4.90 Å². The summed E-state index contributed by atoms with van der Waals surface area (Å²) in [6.45, 7) is 4.36. The number of thiophene rings is 1. The van der Waals surface area contributed by atoms with E-state index in [1.165, 1.54) is 0 Å². The van der Waals surface area contributed by atoms with E-state index in [1.807, 2.05) is 32.3 Å². The Balaban J connectivity index is 2.65. The molecular weight excluding hydrogens is 310 g/mol. The first kappa shape index (κ1) is 14.0. The molecule has 0 N–H and O–H groups in total. The third kappa shape index (κ3) is 3.47. The Morgan fingerprint density at radius 2 is 2.25 bits per heavy atom. The summed E-state index contributed by atoms with van der Waals surface area (Å²) in [6.07, 6.45) is 0. The normalized spacial score (nSPS) is 11.6. The van der Waals surface area contributed by atoms with Crippen molar-refractivity contribution in [1.29, 1.82) is 0 Å². The van der Waals surface area contributed by atoms with E-state index in [2.05, 4.69) is 15.9 Å². The van der Waals surface area contributed by atoms with E-state index in [-0.39, 0.29) is 5.91 Å². The second-order valence-electron chi connectivity index (χ2n) is 4.41. The van der Waals surface area contributed by atoms with Crippen LogP contribution in [0.5, 0.6) is 0 Å². The van der Waals surface area contributed by atoms with Crippen LogP contribution in [0.15, 0.2) is 15.9 Å². The van der Waals surface area contributed by atoms with Crippen LogP contribution in [0.3, 0.4) is 0 Å². The van der Waals surface area contributed by atoms with Crippen LogP contribution in [0.1, 0.15) is 18.7 Å². The molecule has 1 amide bonds. The third-order valence-electron chi connectivity index (χ3n) is 2.27. The van der Waals surface area contributed by atoms with Gasteiger partial charge in [0, 0.05) is 27.7 Å². The zero-order chi connectivity index (χ0) is 12.3. The molecule has 1 heterocycles. The van der Waals surface area contributed by atoms with Crippen molar-refractivity contribution >= 4 is 44.8 Å². The summed E-state index contributed by atoms with van der Waals surface area (Å²) in [5.74, 6) is 0.414. The van der Waals surface area contributed by atoms with Gasteiger partial charge in [-0.3, -0.25) is 4.79 Å². The van der Waals surface area contributed by atoms with Gasteiger partial charge in [0.1, 0.15) is 0 Å². The Hall–Kier alpha value is -0.0600. The van der Waals surface area contributed by atoms with E-state index in [0.717, 1.165) is 9.35 Å². The standard InChI is InChI=1S/C11H15BrClNOS/c1-11(2,7-13)10(15)14(3)5-9-4-8(12)6-16-9/h4,6H,5,7H2,1-3H3. The monoisotopic (exact) mass is 323 g/mol. The predicted octanol–water partition coefficient (Wildman–Crippen LogP) is 3.73. The van der Waals surface area contributed by atoms with Crippen molar-refractivity contribution in [3.8, 4) is 0 Å². The van der Waals surface area contributed by atoms with Gasteiger partial charge in [0.15, 0.2) is 0 Å². The minimum Gasteiger partial charge on any atom is -0.340 e. The van der Waals surface area contributed by atoms with Crippen molar-refractivity contribution in [3.05, 3.63) is 20.8 Å². The summed E-state index contributed by atoms with van der Waals surface area (Å²) >= 11 is 10.8. The van der Waals surface area contributed by atoms with Crippen LogP contribution in [-0.4, -0.2) is 23.7 Å². The second-order valence-corrected chi connectivity index (χ2v) is 6.59. The Kier molecular flexibility index (Phi) is 4.83. The van der Waals surface area contributed by atoms with Crippen molar-refractivity contribution in [2.75, 3.05) is 12.9 Å². The first-order valence-corrected chi connectivity index (χ1v) is 7.12. The summed E-state index contributed by atoms with van der Waals surface area (Å²) in [4.78, 5) is 14.9. The molecule has 0 atom stereocenters. The fraction of sp³-hybridized carbons (Fsp3) is 0.545. The SMILES string of the molecule is CN(Cc1cc(Br)cs1)C(=O)C(C)(C)CCl. The highest BCUT2D eigenvalue weighted by atomic mass is 79.9. The molecule has 0 saturated carbocycles. The van der Waals surface area contributed by atoms with E-state index in [0.29, 0.717) is 12.4 Å². The highest BCUT2D eigenvalue weighted by Gasteiger charge is 2.29. The largest absolute Gasteiger partial charge is 0.340 e. The maximum absolute atomic E-state index is 12.0. The molecule has 0 fully saturated rings.